The van der Waals surface area contributed by atoms with Crippen molar-refractivity contribution in [2.45, 2.75) is 77.8 Å². The van der Waals surface area contributed by atoms with Crippen LogP contribution in [0.15, 0.2) is 71.6 Å². The van der Waals surface area contributed by atoms with Crippen molar-refractivity contribution in [1.82, 2.24) is 0 Å². The highest BCUT2D eigenvalue weighted by Gasteiger charge is 2.60. The first-order valence-electron chi connectivity index (χ1n) is 14.2. The van der Waals surface area contributed by atoms with Gasteiger partial charge in [-0.1, -0.05) is 60.7 Å². The van der Waals surface area contributed by atoms with E-state index in [1.54, 1.807) is 0 Å². The van der Waals surface area contributed by atoms with Crippen LogP contribution in [0, 0.1) is 11.8 Å². The molecule has 5 nitrogen and oxygen atoms in total. The number of hydrogen-bond donors (Lipinski definition) is 0. The van der Waals surface area contributed by atoms with Gasteiger partial charge in [-0.05, 0) is 88.6 Å². The van der Waals surface area contributed by atoms with E-state index in [0.717, 1.165) is 22.1 Å². The molecule has 0 N–H and O–H groups in total. The van der Waals surface area contributed by atoms with Crippen molar-refractivity contribution in [3.8, 4) is 0 Å². The van der Waals surface area contributed by atoms with Crippen LogP contribution in [0.1, 0.15) is 66.5 Å². The minimum Gasteiger partial charge on any atom is -0.400 e. The second kappa shape index (κ2) is 9.19. The van der Waals surface area contributed by atoms with E-state index in [-0.39, 0.29) is 11.8 Å². The Kier molecular flexibility index (Phi) is 6.37. The summed E-state index contributed by atoms with van der Waals surface area (Å²) in [6, 6.07) is 21.2. The first-order valence-corrected chi connectivity index (χ1v) is 14.2. The topological polar surface area (TPSA) is 46.2 Å². The molecule has 2 atom stereocenters. The first kappa shape index (κ1) is 27.0. The van der Waals surface area contributed by atoms with Gasteiger partial charge in [0, 0.05) is 11.8 Å². The second-order valence-electron chi connectivity index (χ2n) is 13.3. The van der Waals surface area contributed by atoms with Gasteiger partial charge in [-0.2, -0.15) is 0 Å². The SMILES string of the molecule is CC1(C)OB(C2=C(c3ccccc3)[C@H]3COC[C@H]3C(B3OC(C)(C)C(C)(C)O3)=C2c2ccccc2)OC1(C)C. The van der Waals surface area contributed by atoms with Crippen molar-refractivity contribution < 1.29 is 23.4 Å². The molecule has 4 aliphatic rings. The van der Waals surface area contributed by atoms with Gasteiger partial charge < -0.3 is 23.4 Å². The van der Waals surface area contributed by atoms with Crippen molar-refractivity contribution >= 4 is 25.4 Å². The summed E-state index contributed by atoms with van der Waals surface area (Å²) in [6.07, 6.45) is 0. The van der Waals surface area contributed by atoms with Gasteiger partial charge in [0.1, 0.15) is 0 Å². The molecule has 6 rings (SSSR count). The highest BCUT2D eigenvalue weighted by molar-refractivity contribution is 6.64. The molecule has 3 heterocycles. The molecule has 2 aromatic rings. The fraction of sp³-hybridized carbons (Fsp3) is 0.500. The van der Waals surface area contributed by atoms with Crippen LogP contribution in [0.5, 0.6) is 0 Å². The number of rotatable bonds is 4. The molecule has 0 spiro atoms. The van der Waals surface area contributed by atoms with E-state index in [1.807, 2.05) is 0 Å². The Labute approximate surface area is 234 Å². The van der Waals surface area contributed by atoms with Crippen LogP contribution >= 0.6 is 0 Å². The first-order chi connectivity index (χ1) is 18.3. The van der Waals surface area contributed by atoms with Crippen molar-refractivity contribution in [2.75, 3.05) is 13.2 Å². The van der Waals surface area contributed by atoms with E-state index in [2.05, 4.69) is 116 Å². The summed E-state index contributed by atoms with van der Waals surface area (Å²) >= 11 is 0. The zero-order valence-electron chi connectivity index (χ0n) is 24.5. The molecule has 39 heavy (non-hydrogen) atoms. The van der Waals surface area contributed by atoms with Gasteiger partial charge in [0.15, 0.2) is 0 Å². The van der Waals surface area contributed by atoms with Gasteiger partial charge in [-0.25, -0.2) is 0 Å². The maximum Gasteiger partial charge on any atom is 0.495 e. The molecule has 3 saturated heterocycles. The Morgan fingerprint density at radius 1 is 0.564 bits per heavy atom. The number of fused-ring (bicyclic) bond motifs is 1. The van der Waals surface area contributed by atoms with Crippen LogP contribution in [0.25, 0.3) is 11.1 Å². The number of benzene rings is 2. The predicted octanol–water partition coefficient (Wildman–Crippen LogP) is 6.43. The predicted molar refractivity (Wildman–Crippen MR) is 157 cm³/mol. The fourth-order valence-corrected chi connectivity index (χ4v) is 6.20. The van der Waals surface area contributed by atoms with E-state index in [4.69, 9.17) is 23.4 Å². The molecule has 0 amide bonds. The molecule has 3 aliphatic heterocycles. The van der Waals surface area contributed by atoms with Gasteiger partial charge in [0.25, 0.3) is 0 Å². The molecular weight excluding hydrogens is 486 g/mol. The summed E-state index contributed by atoms with van der Waals surface area (Å²) in [7, 11) is -1.06. The highest BCUT2D eigenvalue weighted by atomic mass is 16.7. The second-order valence-corrected chi connectivity index (χ2v) is 13.3. The maximum absolute atomic E-state index is 6.81. The Morgan fingerprint density at radius 2 is 1.00 bits per heavy atom. The fourth-order valence-electron chi connectivity index (χ4n) is 6.20. The largest absolute Gasteiger partial charge is 0.495 e. The lowest BCUT2D eigenvalue weighted by Gasteiger charge is -2.36. The molecule has 2 aromatic carbocycles. The number of ether oxygens (including phenoxy) is 1. The third-order valence-electron chi connectivity index (χ3n) is 9.84. The van der Waals surface area contributed by atoms with Crippen LogP contribution in [0.3, 0.4) is 0 Å². The molecule has 0 bridgehead atoms. The average Bonchev–Trinajstić information content (AvgIpc) is 3.50. The van der Waals surface area contributed by atoms with E-state index in [1.165, 1.54) is 11.1 Å². The smallest absolute Gasteiger partial charge is 0.400 e. The number of hydrogen-bond acceptors (Lipinski definition) is 5. The third-order valence-corrected chi connectivity index (χ3v) is 9.84. The lowest BCUT2D eigenvalue weighted by atomic mass is 9.53. The number of allylic oxidation sites excluding steroid dienone is 2. The molecular formula is C32H40B2O5. The monoisotopic (exact) mass is 526 g/mol. The summed E-state index contributed by atoms with van der Waals surface area (Å²) < 4.78 is 33.4. The highest BCUT2D eigenvalue weighted by Crippen LogP contribution is 2.55. The summed E-state index contributed by atoms with van der Waals surface area (Å²) in [4.78, 5) is 0. The summed E-state index contributed by atoms with van der Waals surface area (Å²) in [5, 5.41) is 0. The Morgan fingerprint density at radius 3 is 1.51 bits per heavy atom. The minimum absolute atomic E-state index is 0.108. The minimum atomic E-state index is -0.556. The molecule has 7 heteroatoms. The Balaban J connectivity index is 1.66. The summed E-state index contributed by atoms with van der Waals surface area (Å²) in [5.41, 5.74) is 4.90. The van der Waals surface area contributed by atoms with Crippen molar-refractivity contribution in [3.05, 3.63) is 82.7 Å². The normalized spacial score (nSPS) is 28.8. The quantitative estimate of drug-likeness (QED) is 0.430. The van der Waals surface area contributed by atoms with E-state index in [9.17, 15) is 0 Å². The Bertz CT molecular complexity index is 1280. The summed E-state index contributed by atoms with van der Waals surface area (Å²) in [6.45, 7) is 18.1. The van der Waals surface area contributed by atoms with Gasteiger partial charge in [0.05, 0.1) is 35.6 Å². The van der Waals surface area contributed by atoms with Crippen molar-refractivity contribution in [2.24, 2.45) is 11.8 Å². The van der Waals surface area contributed by atoms with E-state index >= 15 is 0 Å². The molecule has 1 aliphatic carbocycles. The third kappa shape index (κ3) is 4.29. The average molecular weight is 526 g/mol. The van der Waals surface area contributed by atoms with Crippen LogP contribution in [0.2, 0.25) is 0 Å². The van der Waals surface area contributed by atoms with Crippen molar-refractivity contribution in [1.29, 1.82) is 0 Å². The van der Waals surface area contributed by atoms with Crippen LogP contribution < -0.4 is 0 Å². The molecule has 0 saturated carbocycles. The standard InChI is InChI=1S/C32H40B2O5/c1-29(2)30(3,4)37-33(36-29)27-24-20-35-19-23(24)25(21-15-11-9-12-16-21)28(26(27)22-17-13-10-14-18-22)34-38-31(5,6)32(7,8)39-34/h9-18,23-24H,19-20H2,1-8H3/t23-,24+/m0/s1. The van der Waals surface area contributed by atoms with Crippen LogP contribution in [-0.4, -0.2) is 49.9 Å². The lowest BCUT2D eigenvalue weighted by Crippen LogP contribution is -2.41. The molecule has 0 aromatic heterocycles. The van der Waals surface area contributed by atoms with Crippen LogP contribution in [-0.2, 0) is 23.4 Å². The zero-order chi connectivity index (χ0) is 27.8. The maximum atomic E-state index is 6.81. The van der Waals surface area contributed by atoms with E-state index < -0.39 is 36.6 Å². The molecule has 0 radical (unpaired) electrons. The van der Waals surface area contributed by atoms with Crippen LogP contribution in [0.4, 0.5) is 0 Å². The Hall–Kier alpha value is -2.15. The molecule has 3 fully saturated rings. The van der Waals surface area contributed by atoms with Gasteiger partial charge >= 0.3 is 14.2 Å². The van der Waals surface area contributed by atoms with Gasteiger partial charge in [-0.15, -0.1) is 0 Å². The van der Waals surface area contributed by atoms with Gasteiger partial charge in [0.2, 0.25) is 0 Å². The van der Waals surface area contributed by atoms with Crippen molar-refractivity contribution in [3.63, 3.8) is 0 Å². The lowest BCUT2D eigenvalue weighted by molar-refractivity contribution is 0.00578. The summed E-state index contributed by atoms with van der Waals surface area (Å²) in [5.74, 6) is 0.235. The zero-order valence-corrected chi connectivity index (χ0v) is 24.5. The van der Waals surface area contributed by atoms with E-state index in [0.29, 0.717) is 13.2 Å². The molecule has 204 valence electrons. The molecule has 0 unspecified atom stereocenters. The van der Waals surface area contributed by atoms with Gasteiger partial charge in [-0.3, -0.25) is 0 Å².